The van der Waals surface area contributed by atoms with Crippen molar-refractivity contribution in [1.29, 1.82) is 0 Å². The Hall–Kier alpha value is 1.36. The van der Waals surface area contributed by atoms with E-state index in [2.05, 4.69) is 4.90 Å². The molecule has 0 aliphatic heterocycles. The summed E-state index contributed by atoms with van der Waals surface area (Å²) in [6, 6.07) is 0. The zero-order chi connectivity index (χ0) is 5.70. The molecule has 3 heteroatoms. The molecule has 0 atom stereocenters. The van der Waals surface area contributed by atoms with Gasteiger partial charge in [-0.2, -0.15) is 0 Å². The summed E-state index contributed by atoms with van der Waals surface area (Å²) in [7, 11) is 4.05. The Bertz CT molecular complexity index is 39.4. The van der Waals surface area contributed by atoms with Crippen LogP contribution in [0.5, 0.6) is 0 Å². The van der Waals surface area contributed by atoms with Gasteiger partial charge in [0.05, 0.1) is 0 Å². The van der Waals surface area contributed by atoms with E-state index in [1.807, 2.05) is 14.1 Å². The monoisotopic (exact) mass is 328 g/mol. The van der Waals surface area contributed by atoms with Crippen LogP contribution in [-0.4, -0.2) is 32.1 Å². The smallest absolute Gasteiger partial charge is 0 e. The van der Waals surface area contributed by atoms with Gasteiger partial charge in [0.25, 0.3) is 0 Å². The number of hydrogen-bond donors (Lipinski definition) is 0. The average Bonchev–Trinajstić information content (AvgIpc) is 1.61. The van der Waals surface area contributed by atoms with E-state index in [0.717, 1.165) is 13.0 Å². The molecule has 0 unspecified atom stereocenters. The van der Waals surface area contributed by atoms with Gasteiger partial charge in [0, 0.05) is 44.1 Å². The fourth-order valence-corrected chi connectivity index (χ4v) is 0.395. The molecular formula is C5H13AcN2-. The molecule has 0 rings (SSSR count). The Labute approximate surface area is 87.4 Å². The minimum absolute atomic E-state index is 0. The number of nitrogens with zero attached hydrogens (tertiary/aromatic N) is 1. The van der Waals surface area contributed by atoms with E-state index < -0.39 is 0 Å². The number of hydrogen-bond acceptors (Lipinski definition) is 1. The molecule has 0 saturated carbocycles. The predicted octanol–water partition coefficient (Wildman–Crippen LogP) is 0.990. The molecule has 0 fully saturated rings. The maximum atomic E-state index is 6.77. The third-order valence-electron chi connectivity index (χ3n) is 0.782. The van der Waals surface area contributed by atoms with E-state index in [9.17, 15) is 0 Å². The van der Waals surface area contributed by atoms with E-state index in [1.54, 1.807) is 0 Å². The molecule has 2 nitrogen and oxygen atoms in total. The van der Waals surface area contributed by atoms with Gasteiger partial charge in [-0.25, -0.2) is 0 Å². The molecule has 8 heavy (non-hydrogen) atoms. The summed E-state index contributed by atoms with van der Waals surface area (Å²) in [5, 5.41) is 0. The second kappa shape index (κ2) is 8.36. The Morgan fingerprint density at radius 1 is 1.38 bits per heavy atom. The molecule has 1 radical (unpaired) electrons. The molecule has 0 aliphatic rings. The van der Waals surface area contributed by atoms with Crippen LogP contribution in [-0.2, 0) is 0 Å². The van der Waals surface area contributed by atoms with Crippen LogP contribution in [0.4, 0.5) is 0 Å². The van der Waals surface area contributed by atoms with Gasteiger partial charge in [-0.3, -0.25) is 0 Å². The Kier molecular flexibility index (Phi) is 12.6. The summed E-state index contributed by atoms with van der Waals surface area (Å²) in [6.45, 7) is 1.60. The van der Waals surface area contributed by atoms with Crippen LogP contribution in [0.3, 0.4) is 0 Å². The van der Waals surface area contributed by atoms with Crippen LogP contribution in [0.2, 0.25) is 0 Å². The van der Waals surface area contributed by atoms with Crippen LogP contribution < -0.4 is 0 Å². The molecule has 0 bridgehead atoms. The summed E-state index contributed by atoms with van der Waals surface area (Å²) in [4.78, 5) is 2.09. The van der Waals surface area contributed by atoms with Gasteiger partial charge in [0.2, 0.25) is 0 Å². The number of rotatable bonds is 3. The van der Waals surface area contributed by atoms with Gasteiger partial charge < -0.3 is 10.6 Å². The normalized spacial score (nSPS) is 9.00. The second-order valence-corrected chi connectivity index (χ2v) is 1.91. The summed E-state index contributed by atoms with van der Waals surface area (Å²) in [5.74, 6) is 0. The Morgan fingerprint density at radius 3 is 2.00 bits per heavy atom. The molecule has 0 aliphatic carbocycles. The summed E-state index contributed by atoms with van der Waals surface area (Å²) in [5.41, 5.74) is 6.77. The Morgan fingerprint density at radius 2 is 1.88 bits per heavy atom. The quantitative estimate of drug-likeness (QED) is 0.759. The second-order valence-electron chi connectivity index (χ2n) is 1.91. The largest absolute Gasteiger partial charge is 0.677 e. The summed E-state index contributed by atoms with van der Waals surface area (Å²) >= 11 is 0. The van der Waals surface area contributed by atoms with Crippen LogP contribution >= 0.6 is 0 Å². The minimum Gasteiger partial charge on any atom is -0.677 e. The molecule has 0 spiro atoms. The number of nitrogens with one attached hydrogen (secondary N) is 1. The van der Waals surface area contributed by atoms with Gasteiger partial charge in [0.1, 0.15) is 0 Å². The van der Waals surface area contributed by atoms with Gasteiger partial charge in [-0.15, -0.1) is 6.54 Å². The molecule has 0 saturated heterocycles. The van der Waals surface area contributed by atoms with E-state index >= 15 is 0 Å². The molecular weight excluding hydrogens is 315 g/mol. The SMILES string of the molecule is CN(C)CCC[NH-].[Ac]. The van der Waals surface area contributed by atoms with Crippen LogP contribution in [0, 0.1) is 44.1 Å². The fraction of sp³-hybridized carbons (Fsp3) is 1.00. The Balaban J connectivity index is 0. The molecule has 0 amide bonds. The first-order valence-corrected chi connectivity index (χ1v) is 2.56. The van der Waals surface area contributed by atoms with Crippen molar-refractivity contribution in [3.8, 4) is 0 Å². The molecule has 0 aromatic heterocycles. The summed E-state index contributed by atoms with van der Waals surface area (Å²) < 4.78 is 0. The topological polar surface area (TPSA) is 27.0 Å². The maximum absolute atomic E-state index is 6.77. The van der Waals surface area contributed by atoms with E-state index in [-0.39, 0.29) is 44.1 Å². The molecule has 0 aromatic rings. The first-order valence-electron chi connectivity index (χ1n) is 2.56. The van der Waals surface area contributed by atoms with Crippen molar-refractivity contribution < 1.29 is 44.1 Å². The van der Waals surface area contributed by atoms with Gasteiger partial charge >= 0.3 is 0 Å². The summed E-state index contributed by atoms with van der Waals surface area (Å²) in [6.07, 6.45) is 0.993. The maximum Gasteiger partial charge on any atom is 0 e. The minimum atomic E-state index is 0. The van der Waals surface area contributed by atoms with Gasteiger partial charge in [-0.1, -0.05) is 6.42 Å². The van der Waals surface area contributed by atoms with Crippen molar-refractivity contribution in [2.24, 2.45) is 0 Å². The van der Waals surface area contributed by atoms with Crippen molar-refractivity contribution in [3.05, 3.63) is 5.73 Å². The van der Waals surface area contributed by atoms with Crippen molar-refractivity contribution in [2.75, 3.05) is 27.2 Å². The van der Waals surface area contributed by atoms with Crippen LogP contribution in [0.15, 0.2) is 0 Å². The van der Waals surface area contributed by atoms with E-state index in [1.165, 1.54) is 0 Å². The van der Waals surface area contributed by atoms with Crippen LogP contribution in [0.25, 0.3) is 5.73 Å². The fourth-order valence-electron chi connectivity index (χ4n) is 0.395. The van der Waals surface area contributed by atoms with Crippen LogP contribution in [0.1, 0.15) is 6.42 Å². The third-order valence-corrected chi connectivity index (χ3v) is 0.782. The van der Waals surface area contributed by atoms with Crippen molar-refractivity contribution >= 4 is 0 Å². The zero-order valence-corrected chi connectivity index (χ0v) is 10.4. The molecule has 1 N–H and O–H groups in total. The first-order chi connectivity index (χ1) is 3.27. The molecule has 0 aromatic carbocycles. The third kappa shape index (κ3) is 10.4. The zero-order valence-electron chi connectivity index (χ0n) is 5.65. The molecule has 0 heterocycles. The van der Waals surface area contributed by atoms with Crippen molar-refractivity contribution in [3.63, 3.8) is 0 Å². The van der Waals surface area contributed by atoms with Gasteiger partial charge in [0.15, 0.2) is 0 Å². The average molecular weight is 328 g/mol. The van der Waals surface area contributed by atoms with Gasteiger partial charge in [-0.05, 0) is 20.6 Å². The van der Waals surface area contributed by atoms with E-state index in [4.69, 9.17) is 5.73 Å². The predicted molar refractivity (Wildman–Crippen MR) is 32.4 cm³/mol. The standard InChI is InChI=1S/C5H13N2.Ac/c1-7(2)5-3-4-6;/h6H,3-5H2,1-2H3;/q-1;. The first kappa shape index (κ1) is 12.1. The van der Waals surface area contributed by atoms with E-state index in [0.29, 0.717) is 6.54 Å². The van der Waals surface area contributed by atoms with Crippen molar-refractivity contribution in [1.82, 2.24) is 4.90 Å². The van der Waals surface area contributed by atoms with Crippen molar-refractivity contribution in [2.45, 2.75) is 6.42 Å². The molecule has 47 valence electrons.